The van der Waals surface area contributed by atoms with Gasteiger partial charge in [0.15, 0.2) is 17.1 Å². The summed E-state index contributed by atoms with van der Waals surface area (Å²) < 4.78 is 13.3. The third-order valence-electron chi connectivity index (χ3n) is 6.68. The van der Waals surface area contributed by atoms with Gasteiger partial charge in [-0.3, -0.25) is 4.90 Å². The minimum absolute atomic E-state index is 0.521. The van der Waals surface area contributed by atoms with Crippen LogP contribution in [-0.2, 0) is 0 Å². The Kier molecular flexibility index (Phi) is 5.88. The summed E-state index contributed by atoms with van der Waals surface area (Å²) in [5.41, 5.74) is 4.73. The molecule has 0 bridgehead atoms. The fourth-order valence-corrected chi connectivity index (χ4v) is 4.79. The number of likely N-dealkylation sites (tertiary alicyclic amines) is 1. The molecule has 0 radical (unpaired) electrons. The monoisotopic (exact) mass is 470 g/mol. The fourth-order valence-electron chi connectivity index (χ4n) is 4.79. The summed E-state index contributed by atoms with van der Waals surface area (Å²) in [6, 6.07) is 20.7. The first kappa shape index (κ1) is 21.7. The number of nitrogens with one attached hydrogen (secondary N) is 2. The molecule has 6 rings (SSSR count). The van der Waals surface area contributed by atoms with E-state index in [0.717, 1.165) is 46.3 Å². The van der Waals surface area contributed by atoms with E-state index in [9.17, 15) is 0 Å². The Labute approximate surface area is 204 Å². The second-order valence-electron chi connectivity index (χ2n) is 9.15. The van der Waals surface area contributed by atoms with Gasteiger partial charge in [-0.1, -0.05) is 12.1 Å². The van der Waals surface area contributed by atoms with Gasteiger partial charge in [0.05, 0.1) is 5.69 Å². The van der Waals surface area contributed by atoms with Crippen LogP contribution in [0.4, 0.5) is 17.3 Å². The quantitative estimate of drug-likeness (QED) is 0.402. The van der Waals surface area contributed by atoms with Crippen molar-refractivity contribution in [3.8, 4) is 22.8 Å². The Morgan fingerprint density at radius 1 is 0.914 bits per heavy atom. The van der Waals surface area contributed by atoms with Crippen LogP contribution in [0.1, 0.15) is 19.8 Å². The first-order valence-electron chi connectivity index (χ1n) is 12.3. The van der Waals surface area contributed by atoms with Crippen LogP contribution in [0.15, 0.2) is 60.7 Å². The molecule has 35 heavy (non-hydrogen) atoms. The largest absolute Gasteiger partial charge is 0.486 e. The van der Waals surface area contributed by atoms with Crippen LogP contribution in [0.25, 0.3) is 16.9 Å². The number of ether oxygens (including phenoxy) is 2. The highest BCUT2D eigenvalue weighted by molar-refractivity contribution is 5.68. The molecule has 2 aliphatic rings. The Hall–Kier alpha value is -3.78. The average molecular weight is 471 g/mol. The van der Waals surface area contributed by atoms with E-state index in [0.29, 0.717) is 25.2 Å². The maximum Gasteiger partial charge on any atom is 0.247 e. The van der Waals surface area contributed by atoms with Gasteiger partial charge < -0.3 is 20.1 Å². The molecule has 1 saturated heterocycles. The molecular formula is C27H30N6O2. The lowest BCUT2D eigenvalue weighted by Gasteiger charge is -2.24. The van der Waals surface area contributed by atoms with Crippen molar-refractivity contribution in [3.63, 3.8) is 0 Å². The van der Waals surface area contributed by atoms with Crippen LogP contribution < -0.4 is 20.1 Å². The summed E-state index contributed by atoms with van der Waals surface area (Å²) in [5, 5.41) is 11.7. The number of rotatable bonds is 7. The Morgan fingerprint density at radius 2 is 1.71 bits per heavy atom. The summed E-state index contributed by atoms with van der Waals surface area (Å²) in [6.45, 7) is 6.77. The number of aromatic nitrogens is 3. The van der Waals surface area contributed by atoms with Crippen LogP contribution in [-0.4, -0.2) is 58.4 Å². The molecule has 180 valence electrons. The number of fused-ring (bicyclic) bond motifs is 2. The Balaban J connectivity index is 1.20. The van der Waals surface area contributed by atoms with Crippen molar-refractivity contribution in [1.82, 2.24) is 19.5 Å². The number of benzene rings is 2. The van der Waals surface area contributed by atoms with E-state index in [1.807, 2.05) is 53.0 Å². The van der Waals surface area contributed by atoms with E-state index in [1.54, 1.807) is 0 Å². The standard InChI is InChI=1S/C27H30N6O2/c1-19(32-12-2-3-13-32)18-28-21-6-4-7-22(17-21)29-27-30-26-9-5-8-23(33(26)31-27)20-10-11-24-25(16-20)35-15-14-34-24/h4-11,16-17,19,28H,2-3,12-15,18H2,1H3,(H,29,31). The highest BCUT2D eigenvalue weighted by Crippen LogP contribution is 2.34. The van der Waals surface area contributed by atoms with E-state index in [-0.39, 0.29) is 0 Å². The van der Waals surface area contributed by atoms with Crippen LogP contribution in [0.2, 0.25) is 0 Å². The number of anilines is 3. The average Bonchev–Trinajstić information content (AvgIpc) is 3.57. The van der Waals surface area contributed by atoms with Gasteiger partial charge in [-0.15, -0.1) is 5.10 Å². The molecule has 0 spiro atoms. The van der Waals surface area contributed by atoms with Gasteiger partial charge in [-0.05, 0) is 81.4 Å². The van der Waals surface area contributed by atoms with Crippen molar-refractivity contribution in [2.24, 2.45) is 0 Å². The fraction of sp³-hybridized carbons (Fsp3) is 0.333. The lowest BCUT2D eigenvalue weighted by Crippen LogP contribution is -2.35. The third-order valence-corrected chi connectivity index (χ3v) is 6.68. The molecule has 4 aromatic rings. The first-order chi connectivity index (χ1) is 17.2. The summed E-state index contributed by atoms with van der Waals surface area (Å²) in [6.07, 6.45) is 2.62. The SMILES string of the molecule is CC(CNc1cccc(Nc2nc3cccc(-c4ccc5c(c4)OCCO5)n3n2)c1)N1CCCC1. The molecule has 2 aromatic heterocycles. The molecule has 0 saturated carbocycles. The second-order valence-corrected chi connectivity index (χ2v) is 9.15. The summed E-state index contributed by atoms with van der Waals surface area (Å²) in [4.78, 5) is 7.25. The molecule has 2 aliphatic heterocycles. The number of nitrogens with zero attached hydrogens (tertiary/aromatic N) is 4. The van der Waals surface area contributed by atoms with E-state index >= 15 is 0 Å². The van der Waals surface area contributed by atoms with Gasteiger partial charge in [0.2, 0.25) is 5.95 Å². The summed E-state index contributed by atoms with van der Waals surface area (Å²) >= 11 is 0. The minimum Gasteiger partial charge on any atom is -0.486 e. The van der Waals surface area contributed by atoms with Crippen molar-refractivity contribution >= 4 is 23.0 Å². The predicted molar refractivity (Wildman–Crippen MR) is 138 cm³/mol. The molecule has 4 heterocycles. The van der Waals surface area contributed by atoms with Gasteiger partial charge in [0, 0.05) is 29.5 Å². The van der Waals surface area contributed by atoms with Crippen LogP contribution >= 0.6 is 0 Å². The topological polar surface area (TPSA) is 76.0 Å². The lowest BCUT2D eigenvalue weighted by molar-refractivity contribution is 0.171. The van der Waals surface area contributed by atoms with Gasteiger partial charge in [-0.25, -0.2) is 4.52 Å². The van der Waals surface area contributed by atoms with Gasteiger partial charge in [0.25, 0.3) is 0 Å². The lowest BCUT2D eigenvalue weighted by atomic mass is 10.1. The minimum atomic E-state index is 0.521. The molecule has 1 atom stereocenters. The Morgan fingerprint density at radius 3 is 2.60 bits per heavy atom. The molecule has 8 heteroatoms. The third kappa shape index (κ3) is 4.61. The van der Waals surface area contributed by atoms with Crippen molar-refractivity contribution in [3.05, 3.63) is 60.7 Å². The molecule has 1 fully saturated rings. The van der Waals surface area contributed by atoms with Crippen molar-refractivity contribution in [1.29, 1.82) is 0 Å². The smallest absolute Gasteiger partial charge is 0.247 e. The summed E-state index contributed by atoms with van der Waals surface area (Å²) in [5.74, 6) is 2.08. The second kappa shape index (κ2) is 9.46. The first-order valence-corrected chi connectivity index (χ1v) is 12.3. The molecule has 2 N–H and O–H groups in total. The van der Waals surface area contributed by atoms with E-state index in [4.69, 9.17) is 19.6 Å². The van der Waals surface area contributed by atoms with E-state index in [1.165, 1.54) is 25.9 Å². The van der Waals surface area contributed by atoms with Gasteiger partial charge in [0.1, 0.15) is 13.2 Å². The molecule has 1 unspecified atom stereocenters. The summed E-state index contributed by atoms with van der Waals surface area (Å²) in [7, 11) is 0. The van der Waals surface area contributed by atoms with Crippen LogP contribution in [0.3, 0.4) is 0 Å². The zero-order chi connectivity index (χ0) is 23.6. The van der Waals surface area contributed by atoms with Crippen molar-refractivity contribution in [2.45, 2.75) is 25.8 Å². The normalized spacial score (nSPS) is 16.4. The molecule has 8 nitrogen and oxygen atoms in total. The predicted octanol–water partition coefficient (Wildman–Crippen LogP) is 4.81. The van der Waals surface area contributed by atoms with Crippen molar-refractivity contribution in [2.75, 3.05) is 43.5 Å². The van der Waals surface area contributed by atoms with Gasteiger partial charge >= 0.3 is 0 Å². The van der Waals surface area contributed by atoms with Crippen LogP contribution in [0, 0.1) is 0 Å². The molecule has 0 amide bonds. The van der Waals surface area contributed by atoms with Gasteiger partial charge in [-0.2, -0.15) is 4.98 Å². The molecule has 2 aromatic carbocycles. The zero-order valence-corrected chi connectivity index (χ0v) is 19.9. The number of pyridine rings is 1. The van der Waals surface area contributed by atoms with E-state index in [2.05, 4.69) is 34.6 Å². The van der Waals surface area contributed by atoms with Crippen molar-refractivity contribution < 1.29 is 9.47 Å². The number of hydrogen-bond donors (Lipinski definition) is 2. The number of hydrogen-bond acceptors (Lipinski definition) is 7. The molecular weight excluding hydrogens is 440 g/mol. The maximum absolute atomic E-state index is 5.77. The highest BCUT2D eigenvalue weighted by atomic mass is 16.6. The van der Waals surface area contributed by atoms with Crippen LogP contribution in [0.5, 0.6) is 11.5 Å². The van der Waals surface area contributed by atoms with E-state index < -0.39 is 0 Å². The zero-order valence-electron chi connectivity index (χ0n) is 19.9. The molecule has 0 aliphatic carbocycles. The maximum atomic E-state index is 5.77. The Bertz CT molecular complexity index is 1330. The highest BCUT2D eigenvalue weighted by Gasteiger charge is 2.18.